The fourth-order valence-electron chi connectivity index (χ4n) is 2.45. The van der Waals surface area contributed by atoms with Gasteiger partial charge in [0, 0.05) is 11.8 Å². The van der Waals surface area contributed by atoms with Crippen LogP contribution < -0.4 is 5.56 Å². The van der Waals surface area contributed by atoms with Crippen molar-refractivity contribution in [2.24, 2.45) is 0 Å². The highest BCUT2D eigenvalue weighted by atomic mass is 16.3. The topological polar surface area (TPSA) is 71.8 Å². The molecule has 0 aliphatic carbocycles. The molecule has 0 amide bonds. The van der Waals surface area contributed by atoms with Gasteiger partial charge in [0.1, 0.15) is 11.3 Å². The van der Waals surface area contributed by atoms with E-state index in [4.69, 9.17) is 4.42 Å². The van der Waals surface area contributed by atoms with E-state index >= 15 is 0 Å². The van der Waals surface area contributed by atoms with E-state index in [1.807, 2.05) is 37.3 Å². The molecule has 4 rings (SSSR count). The highest BCUT2D eigenvalue weighted by Gasteiger charge is 2.14. The van der Waals surface area contributed by atoms with Crippen LogP contribution in [0.4, 0.5) is 0 Å². The first-order valence-electron chi connectivity index (χ1n) is 6.57. The predicted octanol–water partition coefficient (Wildman–Crippen LogP) is 3.04. The number of nitrogens with zero attached hydrogens (tertiary/aromatic N) is 2. The Bertz CT molecular complexity index is 1030. The van der Waals surface area contributed by atoms with Crippen molar-refractivity contribution >= 4 is 22.2 Å². The zero-order valence-electron chi connectivity index (χ0n) is 11.3. The molecule has 0 bridgehead atoms. The second-order valence-corrected chi connectivity index (χ2v) is 4.87. The zero-order valence-corrected chi connectivity index (χ0v) is 11.3. The molecule has 21 heavy (non-hydrogen) atoms. The molecule has 1 N–H and O–H groups in total. The number of aromatic amines is 1. The van der Waals surface area contributed by atoms with Crippen LogP contribution in [0.3, 0.4) is 0 Å². The fourth-order valence-corrected chi connectivity index (χ4v) is 2.45. The van der Waals surface area contributed by atoms with Crippen molar-refractivity contribution in [2.45, 2.75) is 6.92 Å². The normalized spacial score (nSPS) is 11.3. The monoisotopic (exact) mass is 277 g/mol. The average Bonchev–Trinajstić information content (AvgIpc) is 2.87. The van der Waals surface area contributed by atoms with Gasteiger partial charge in [-0.2, -0.15) is 0 Å². The molecular weight excluding hydrogens is 266 g/mol. The Balaban J connectivity index is 2.11. The second kappa shape index (κ2) is 4.28. The predicted molar refractivity (Wildman–Crippen MR) is 80.1 cm³/mol. The van der Waals surface area contributed by atoms with Gasteiger partial charge in [0.05, 0.1) is 5.39 Å². The summed E-state index contributed by atoms with van der Waals surface area (Å²) in [6.07, 6.45) is 1.63. The van der Waals surface area contributed by atoms with Gasteiger partial charge in [-0.05, 0) is 24.6 Å². The number of rotatable bonds is 1. The van der Waals surface area contributed by atoms with Crippen LogP contribution >= 0.6 is 0 Å². The van der Waals surface area contributed by atoms with E-state index in [9.17, 15) is 4.79 Å². The maximum atomic E-state index is 12.2. The van der Waals surface area contributed by atoms with E-state index in [2.05, 4.69) is 15.0 Å². The van der Waals surface area contributed by atoms with Crippen molar-refractivity contribution < 1.29 is 4.42 Å². The maximum absolute atomic E-state index is 12.2. The van der Waals surface area contributed by atoms with Crippen molar-refractivity contribution in [3.63, 3.8) is 0 Å². The van der Waals surface area contributed by atoms with Crippen molar-refractivity contribution in [3.05, 3.63) is 58.5 Å². The van der Waals surface area contributed by atoms with Crippen molar-refractivity contribution in [1.82, 2.24) is 15.0 Å². The second-order valence-electron chi connectivity index (χ2n) is 4.87. The highest BCUT2D eigenvalue weighted by Crippen LogP contribution is 2.25. The summed E-state index contributed by atoms with van der Waals surface area (Å²) >= 11 is 0. The van der Waals surface area contributed by atoms with Gasteiger partial charge in [-0.3, -0.25) is 4.79 Å². The first kappa shape index (κ1) is 11.8. The van der Waals surface area contributed by atoms with E-state index < -0.39 is 0 Å². The number of benzene rings is 1. The quantitative estimate of drug-likeness (QED) is 0.580. The number of furan rings is 1. The molecule has 0 unspecified atom stereocenters. The SMILES string of the molecule is Cc1ccccc1-c1nc2c(oc3ncccc32)c(=O)[nH]1. The molecule has 0 spiro atoms. The van der Waals surface area contributed by atoms with Gasteiger partial charge < -0.3 is 9.40 Å². The van der Waals surface area contributed by atoms with Crippen LogP contribution in [-0.4, -0.2) is 15.0 Å². The molecule has 102 valence electrons. The Kier molecular flexibility index (Phi) is 2.41. The smallest absolute Gasteiger partial charge is 0.294 e. The largest absolute Gasteiger partial charge is 0.430 e. The van der Waals surface area contributed by atoms with Crippen molar-refractivity contribution in [1.29, 1.82) is 0 Å². The Morgan fingerprint density at radius 3 is 2.86 bits per heavy atom. The molecule has 0 fully saturated rings. The van der Waals surface area contributed by atoms with E-state index in [0.717, 1.165) is 16.5 Å². The zero-order chi connectivity index (χ0) is 14.4. The maximum Gasteiger partial charge on any atom is 0.294 e. The third-order valence-corrected chi connectivity index (χ3v) is 3.50. The molecule has 3 heterocycles. The number of hydrogen-bond acceptors (Lipinski definition) is 4. The summed E-state index contributed by atoms with van der Waals surface area (Å²) in [5.41, 5.74) is 2.82. The van der Waals surface area contributed by atoms with Gasteiger partial charge in [0.25, 0.3) is 5.56 Å². The Labute approximate surface area is 119 Å². The molecule has 0 aliphatic rings. The summed E-state index contributed by atoms with van der Waals surface area (Å²) in [6, 6.07) is 11.4. The summed E-state index contributed by atoms with van der Waals surface area (Å²) in [5, 5.41) is 0.744. The molecule has 0 atom stereocenters. The van der Waals surface area contributed by atoms with Crippen LogP contribution in [0.25, 0.3) is 33.6 Å². The van der Waals surface area contributed by atoms with E-state index in [1.165, 1.54) is 0 Å². The Morgan fingerprint density at radius 2 is 2.00 bits per heavy atom. The third kappa shape index (κ3) is 1.74. The average molecular weight is 277 g/mol. The molecule has 5 heteroatoms. The Hall–Kier alpha value is -2.95. The summed E-state index contributed by atoms with van der Waals surface area (Å²) < 4.78 is 5.49. The fraction of sp³-hybridized carbons (Fsp3) is 0.0625. The van der Waals surface area contributed by atoms with Crippen LogP contribution in [-0.2, 0) is 0 Å². The summed E-state index contributed by atoms with van der Waals surface area (Å²) in [5.74, 6) is 0.539. The highest BCUT2D eigenvalue weighted by molar-refractivity contribution is 6.00. The number of nitrogens with one attached hydrogen (secondary N) is 1. The van der Waals surface area contributed by atoms with Gasteiger partial charge in [0.15, 0.2) is 0 Å². The van der Waals surface area contributed by atoms with E-state index in [1.54, 1.807) is 12.3 Å². The minimum atomic E-state index is -0.295. The molecule has 0 radical (unpaired) electrons. The van der Waals surface area contributed by atoms with E-state index in [-0.39, 0.29) is 11.1 Å². The van der Waals surface area contributed by atoms with E-state index in [0.29, 0.717) is 17.1 Å². The summed E-state index contributed by atoms with van der Waals surface area (Å²) in [4.78, 5) is 23.7. The minimum absolute atomic E-state index is 0.209. The molecule has 3 aromatic heterocycles. The van der Waals surface area contributed by atoms with Gasteiger partial charge in [-0.15, -0.1) is 0 Å². The molecule has 0 saturated heterocycles. The number of hydrogen-bond donors (Lipinski definition) is 1. The van der Waals surface area contributed by atoms with Crippen molar-refractivity contribution in [3.8, 4) is 11.4 Å². The first-order valence-corrected chi connectivity index (χ1v) is 6.57. The standard InChI is InChI=1S/C16H11N3O2/c1-9-5-2-3-6-10(9)14-18-12-11-7-4-8-17-16(11)21-13(12)15(20)19-14/h2-8H,1H3,(H,18,19,20). The molecule has 0 saturated carbocycles. The molecule has 5 nitrogen and oxygen atoms in total. The molecule has 0 aliphatic heterocycles. The lowest BCUT2D eigenvalue weighted by Gasteiger charge is -2.04. The van der Waals surface area contributed by atoms with Gasteiger partial charge in [-0.25, -0.2) is 9.97 Å². The van der Waals surface area contributed by atoms with Crippen LogP contribution in [0.2, 0.25) is 0 Å². The molecule has 1 aromatic carbocycles. The van der Waals surface area contributed by atoms with Crippen LogP contribution in [0.15, 0.2) is 51.8 Å². The van der Waals surface area contributed by atoms with Gasteiger partial charge in [0.2, 0.25) is 11.3 Å². The summed E-state index contributed by atoms with van der Waals surface area (Å²) in [7, 11) is 0. The first-order chi connectivity index (χ1) is 10.2. The third-order valence-electron chi connectivity index (χ3n) is 3.50. The lowest BCUT2D eigenvalue weighted by atomic mass is 10.1. The number of fused-ring (bicyclic) bond motifs is 3. The van der Waals surface area contributed by atoms with Crippen LogP contribution in [0, 0.1) is 6.92 Å². The number of aromatic nitrogens is 3. The van der Waals surface area contributed by atoms with Gasteiger partial charge in [-0.1, -0.05) is 24.3 Å². The van der Waals surface area contributed by atoms with Crippen molar-refractivity contribution in [2.75, 3.05) is 0 Å². The lowest BCUT2D eigenvalue weighted by molar-refractivity contribution is 0.647. The summed E-state index contributed by atoms with van der Waals surface area (Å²) in [6.45, 7) is 1.98. The molecule has 4 aromatic rings. The number of pyridine rings is 1. The minimum Gasteiger partial charge on any atom is -0.430 e. The lowest BCUT2D eigenvalue weighted by Crippen LogP contribution is -2.08. The number of aryl methyl sites for hydroxylation is 1. The van der Waals surface area contributed by atoms with Crippen LogP contribution in [0.1, 0.15) is 5.56 Å². The molecular formula is C16H11N3O2. The van der Waals surface area contributed by atoms with Crippen LogP contribution in [0.5, 0.6) is 0 Å². The Morgan fingerprint density at radius 1 is 1.14 bits per heavy atom. The number of H-pyrrole nitrogens is 1. The van der Waals surface area contributed by atoms with Gasteiger partial charge >= 0.3 is 0 Å².